The first-order chi connectivity index (χ1) is 13.7. The molecule has 0 aliphatic carbocycles. The smallest absolute Gasteiger partial charge is 0.305 e. The Kier molecular flexibility index (Phi) is 4.71. The second-order valence-corrected chi connectivity index (χ2v) is 6.21. The minimum absolute atomic E-state index is 0.253. The van der Waals surface area contributed by atoms with E-state index < -0.39 is 0 Å². The highest BCUT2D eigenvalue weighted by atomic mass is 16.5. The van der Waals surface area contributed by atoms with Crippen LogP contribution in [0, 0.1) is 0 Å². The van der Waals surface area contributed by atoms with E-state index in [0.717, 1.165) is 34.7 Å². The molecular weight excluding hydrogens is 356 g/mol. The summed E-state index contributed by atoms with van der Waals surface area (Å²) in [6.45, 7) is 6.24. The zero-order valence-corrected chi connectivity index (χ0v) is 15.7. The first kappa shape index (κ1) is 17.7. The molecule has 4 rings (SSSR count). The van der Waals surface area contributed by atoms with Crippen LogP contribution < -0.4 is 10.1 Å². The van der Waals surface area contributed by atoms with Crippen LogP contribution in [0.3, 0.4) is 0 Å². The molecule has 0 atom stereocenters. The molecule has 0 spiro atoms. The largest absolute Gasteiger partial charge is 0.458 e. The fourth-order valence-electron chi connectivity index (χ4n) is 2.75. The van der Waals surface area contributed by atoms with Crippen molar-refractivity contribution in [3.8, 4) is 12.0 Å². The summed E-state index contributed by atoms with van der Waals surface area (Å²) < 4.78 is 9.36. The summed E-state index contributed by atoms with van der Waals surface area (Å²) >= 11 is 0. The Labute approximate surface area is 161 Å². The van der Waals surface area contributed by atoms with E-state index in [1.807, 2.05) is 49.4 Å². The van der Waals surface area contributed by atoms with Crippen molar-refractivity contribution in [1.29, 1.82) is 0 Å². The maximum Gasteiger partial charge on any atom is 0.305 e. The lowest BCUT2D eigenvalue weighted by atomic mass is 10.3. The molecule has 4 aromatic rings. The van der Waals surface area contributed by atoms with Crippen molar-refractivity contribution in [2.75, 3.05) is 5.32 Å². The third-order valence-corrected chi connectivity index (χ3v) is 4.22. The van der Waals surface area contributed by atoms with E-state index in [1.165, 1.54) is 0 Å². The number of nitrogens with zero attached hydrogens (tertiary/aromatic N) is 7. The average Bonchev–Trinajstić information content (AvgIpc) is 3.29. The first-order valence-corrected chi connectivity index (χ1v) is 8.89. The summed E-state index contributed by atoms with van der Waals surface area (Å²) in [5, 5.41) is 14.9. The average molecular weight is 376 g/mol. The number of allylic oxidation sites excluding steroid dienone is 1. The zero-order chi connectivity index (χ0) is 19.5. The van der Waals surface area contributed by atoms with Gasteiger partial charge in [0.25, 0.3) is 5.95 Å². The van der Waals surface area contributed by atoms with Crippen LogP contribution in [0.25, 0.3) is 17.0 Å². The monoisotopic (exact) mass is 376 g/mol. The summed E-state index contributed by atoms with van der Waals surface area (Å²) in [6.07, 6.45) is 0.832. The molecule has 9 nitrogen and oxygen atoms in total. The zero-order valence-electron chi connectivity index (χ0n) is 15.7. The van der Waals surface area contributed by atoms with Gasteiger partial charge in [-0.1, -0.05) is 36.8 Å². The maximum absolute atomic E-state index is 6.00. The van der Waals surface area contributed by atoms with E-state index in [-0.39, 0.29) is 6.61 Å². The van der Waals surface area contributed by atoms with E-state index in [4.69, 9.17) is 4.74 Å². The van der Waals surface area contributed by atoms with Crippen molar-refractivity contribution >= 4 is 16.9 Å². The third-order valence-electron chi connectivity index (χ3n) is 4.22. The highest BCUT2D eigenvalue weighted by Gasteiger charge is 2.18. The summed E-state index contributed by atoms with van der Waals surface area (Å²) in [4.78, 5) is 9.14. The molecule has 28 heavy (non-hydrogen) atoms. The van der Waals surface area contributed by atoms with Gasteiger partial charge in [0.05, 0.1) is 16.7 Å². The molecule has 142 valence electrons. The molecule has 1 N–H and O–H groups in total. The number of nitrogens with one attached hydrogen (secondary N) is 1. The Morgan fingerprint density at radius 3 is 2.79 bits per heavy atom. The van der Waals surface area contributed by atoms with Crippen LogP contribution in [-0.2, 0) is 13.7 Å². The summed E-state index contributed by atoms with van der Waals surface area (Å²) in [5.74, 6) is 1.25. The van der Waals surface area contributed by atoms with Crippen molar-refractivity contribution < 1.29 is 4.74 Å². The fraction of sp³-hybridized carbons (Fsp3) is 0.211. The van der Waals surface area contributed by atoms with Gasteiger partial charge in [0.2, 0.25) is 0 Å². The second-order valence-electron chi connectivity index (χ2n) is 6.21. The molecule has 3 aromatic heterocycles. The standard InChI is InChI=1S/C19H20N8O/c1-4-13(2)20-17-11-7-8-14(21-17)12-28-19-22-15-9-5-6-10-16(15)27(19)18-23-24-25-26(18)3/h5-11H,2,4,12H2,1,3H3,(H,20,21). The lowest BCUT2D eigenvalue weighted by Gasteiger charge is -2.10. The Hall–Kier alpha value is -3.75. The van der Waals surface area contributed by atoms with Crippen LogP contribution in [0.4, 0.5) is 5.82 Å². The summed E-state index contributed by atoms with van der Waals surface area (Å²) in [7, 11) is 1.77. The number of ether oxygens (including phenoxy) is 1. The SMILES string of the molecule is C=C(CC)Nc1cccc(COc2nc3ccccc3n2-c2nnnn2C)n1. The normalized spacial score (nSPS) is 10.9. The lowest BCUT2D eigenvalue weighted by molar-refractivity contribution is 0.272. The van der Waals surface area contributed by atoms with E-state index in [0.29, 0.717) is 12.0 Å². The highest BCUT2D eigenvalue weighted by molar-refractivity contribution is 5.78. The quantitative estimate of drug-likeness (QED) is 0.530. The number of benzene rings is 1. The van der Waals surface area contributed by atoms with Crippen molar-refractivity contribution in [3.63, 3.8) is 0 Å². The molecule has 0 saturated carbocycles. The number of aromatic nitrogens is 7. The van der Waals surface area contributed by atoms with Gasteiger partial charge >= 0.3 is 6.01 Å². The molecule has 0 aliphatic rings. The van der Waals surface area contributed by atoms with Crippen LogP contribution in [0.15, 0.2) is 54.7 Å². The van der Waals surface area contributed by atoms with Gasteiger partial charge in [-0.3, -0.25) is 0 Å². The molecule has 0 radical (unpaired) electrons. The fourth-order valence-corrected chi connectivity index (χ4v) is 2.75. The van der Waals surface area contributed by atoms with Gasteiger partial charge < -0.3 is 10.1 Å². The molecule has 0 aliphatic heterocycles. The second kappa shape index (κ2) is 7.47. The summed E-state index contributed by atoms with van der Waals surface area (Å²) in [5.41, 5.74) is 3.33. The van der Waals surface area contributed by atoms with Gasteiger partial charge in [-0.05, 0) is 41.1 Å². The van der Waals surface area contributed by atoms with E-state index in [9.17, 15) is 0 Å². The molecule has 0 bridgehead atoms. The van der Waals surface area contributed by atoms with Gasteiger partial charge in [0, 0.05) is 12.7 Å². The Morgan fingerprint density at radius 1 is 1.14 bits per heavy atom. The summed E-state index contributed by atoms with van der Waals surface area (Å²) in [6, 6.07) is 13.8. The van der Waals surface area contributed by atoms with Crippen molar-refractivity contribution in [2.45, 2.75) is 20.0 Å². The minimum Gasteiger partial charge on any atom is -0.458 e. The van der Waals surface area contributed by atoms with E-state index in [1.54, 1.807) is 16.3 Å². The van der Waals surface area contributed by atoms with E-state index >= 15 is 0 Å². The number of aryl methyl sites for hydroxylation is 1. The Morgan fingerprint density at radius 2 is 2.00 bits per heavy atom. The van der Waals surface area contributed by atoms with Crippen LogP contribution in [0.2, 0.25) is 0 Å². The number of hydrogen-bond donors (Lipinski definition) is 1. The van der Waals surface area contributed by atoms with Crippen LogP contribution >= 0.6 is 0 Å². The molecule has 3 heterocycles. The number of pyridine rings is 1. The van der Waals surface area contributed by atoms with E-state index in [2.05, 4.69) is 37.4 Å². The minimum atomic E-state index is 0.253. The highest BCUT2D eigenvalue weighted by Crippen LogP contribution is 2.25. The Balaban J connectivity index is 1.63. The maximum atomic E-state index is 6.00. The predicted molar refractivity (Wildman–Crippen MR) is 105 cm³/mol. The number of imidazole rings is 1. The van der Waals surface area contributed by atoms with Gasteiger partial charge in [0.1, 0.15) is 12.4 Å². The lowest BCUT2D eigenvalue weighted by Crippen LogP contribution is -2.09. The Bertz CT molecular complexity index is 1130. The van der Waals surface area contributed by atoms with Crippen LogP contribution in [0.5, 0.6) is 6.01 Å². The van der Waals surface area contributed by atoms with Gasteiger partial charge in [-0.2, -0.15) is 4.98 Å². The van der Waals surface area contributed by atoms with Crippen molar-refractivity contribution in [1.82, 2.24) is 34.7 Å². The molecule has 9 heteroatoms. The number of tetrazole rings is 1. The number of para-hydroxylation sites is 2. The van der Waals surface area contributed by atoms with Gasteiger partial charge in [0.15, 0.2) is 0 Å². The number of anilines is 1. The molecule has 0 unspecified atom stereocenters. The number of rotatable bonds is 7. The molecular formula is C19H20N8O. The van der Waals surface area contributed by atoms with Gasteiger partial charge in [-0.25, -0.2) is 14.2 Å². The van der Waals surface area contributed by atoms with Crippen molar-refractivity contribution in [2.24, 2.45) is 7.05 Å². The first-order valence-electron chi connectivity index (χ1n) is 8.89. The molecule has 1 aromatic carbocycles. The van der Waals surface area contributed by atoms with Gasteiger partial charge in [-0.15, -0.1) is 0 Å². The van der Waals surface area contributed by atoms with Crippen LogP contribution in [0.1, 0.15) is 19.0 Å². The molecule has 0 saturated heterocycles. The number of fused-ring (bicyclic) bond motifs is 1. The third kappa shape index (κ3) is 3.41. The van der Waals surface area contributed by atoms with Crippen molar-refractivity contribution in [3.05, 3.63) is 60.4 Å². The predicted octanol–water partition coefficient (Wildman–Crippen LogP) is 2.86. The molecule has 0 fully saturated rings. The topological polar surface area (TPSA) is 95.6 Å². The molecule has 0 amide bonds. The number of hydrogen-bond acceptors (Lipinski definition) is 7. The van der Waals surface area contributed by atoms with Crippen LogP contribution in [-0.4, -0.2) is 34.7 Å².